The average molecular weight is 350 g/mol. The molecule has 0 bridgehead atoms. The molecule has 1 amide bonds. The van der Waals surface area contributed by atoms with Crippen molar-refractivity contribution in [1.29, 1.82) is 0 Å². The first-order valence-corrected chi connectivity index (χ1v) is 8.19. The van der Waals surface area contributed by atoms with Gasteiger partial charge in [0.25, 0.3) is 5.69 Å². The van der Waals surface area contributed by atoms with Crippen LogP contribution in [0.15, 0.2) is 18.2 Å². The molecule has 1 saturated heterocycles. The zero-order valence-corrected chi connectivity index (χ0v) is 14.5. The lowest BCUT2D eigenvalue weighted by Gasteiger charge is -2.53. The summed E-state index contributed by atoms with van der Waals surface area (Å²) in [5, 5.41) is 22.5. The molecule has 8 nitrogen and oxygen atoms in total. The summed E-state index contributed by atoms with van der Waals surface area (Å²) in [7, 11) is 1.51. The molecular formula is C17H22N2O6. The summed E-state index contributed by atoms with van der Waals surface area (Å²) in [5.41, 5.74) is -2.27. The zero-order chi connectivity index (χ0) is 18.4. The van der Waals surface area contributed by atoms with Gasteiger partial charge in [-0.25, -0.2) is 0 Å². The Balaban J connectivity index is 2.19. The lowest BCUT2D eigenvalue weighted by atomic mass is 9.74. The van der Waals surface area contributed by atoms with Crippen molar-refractivity contribution in [3.63, 3.8) is 0 Å². The number of benzene rings is 1. The van der Waals surface area contributed by atoms with Crippen molar-refractivity contribution in [3.05, 3.63) is 33.9 Å². The van der Waals surface area contributed by atoms with Gasteiger partial charge >= 0.3 is 0 Å². The summed E-state index contributed by atoms with van der Waals surface area (Å²) in [6, 6.07) is 3.51. The van der Waals surface area contributed by atoms with Crippen molar-refractivity contribution >= 4 is 11.6 Å². The fraction of sp³-hybridized carbons (Fsp3) is 0.588. The average Bonchev–Trinajstić information content (AvgIpc) is 2.94. The predicted molar refractivity (Wildman–Crippen MR) is 88.3 cm³/mol. The minimum atomic E-state index is -1.49. The Hall–Kier alpha value is -2.19. The van der Waals surface area contributed by atoms with Gasteiger partial charge in [0, 0.05) is 37.8 Å². The van der Waals surface area contributed by atoms with E-state index in [0.29, 0.717) is 30.7 Å². The highest BCUT2D eigenvalue weighted by Gasteiger charge is 2.58. The number of amides is 1. The van der Waals surface area contributed by atoms with Crippen LogP contribution in [0.2, 0.25) is 0 Å². The molecule has 0 spiro atoms. The quantitative estimate of drug-likeness (QED) is 0.656. The Morgan fingerprint density at radius 2 is 2.20 bits per heavy atom. The molecule has 0 radical (unpaired) electrons. The largest absolute Gasteiger partial charge is 0.482 e. The number of rotatable bonds is 4. The standard InChI is InChI=1S/C17H22N2O6/c1-16(10-24-3)17(2,21)15(18-8-4-5-14(18)20)12-9-11(19(22)23)6-7-13(12)25-16/h6-7,9,15,21H,4-5,8,10H2,1-3H3. The molecule has 25 heavy (non-hydrogen) atoms. The molecule has 2 aliphatic rings. The van der Waals surface area contributed by atoms with Gasteiger partial charge in [-0.15, -0.1) is 0 Å². The molecule has 2 heterocycles. The lowest BCUT2D eigenvalue weighted by Crippen LogP contribution is -2.65. The molecule has 8 heteroatoms. The second-order valence-electron chi connectivity index (χ2n) is 6.99. The number of non-ortho nitro benzene ring substituents is 1. The van der Waals surface area contributed by atoms with Crippen LogP contribution in [-0.2, 0) is 9.53 Å². The highest BCUT2D eigenvalue weighted by molar-refractivity contribution is 5.79. The summed E-state index contributed by atoms with van der Waals surface area (Å²) < 4.78 is 11.2. The van der Waals surface area contributed by atoms with Crippen LogP contribution < -0.4 is 4.74 Å². The lowest BCUT2D eigenvalue weighted by molar-refractivity contribution is -0.385. The van der Waals surface area contributed by atoms with E-state index < -0.39 is 22.2 Å². The van der Waals surface area contributed by atoms with Crippen molar-refractivity contribution in [2.45, 2.75) is 43.9 Å². The number of fused-ring (bicyclic) bond motifs is 1. The van der Waals surface area contributed by atoms with Gasteiger partial charge in [0.15, 0.2) is 5.60 Å². The van der Waals surface area contributed by atoms with Gasteiger partial charge in [-0.3, -0.25) is 14.9 Å². The number of carbonyl (C=O) groups excluding carboxylic acids is 1. The van der Waals surface area contributed by atoms with E-state index in [4.69, 9.17) is 9.47 Å². The summed E-state index contributed by atoms with van der Waals surface area (Å²) in [5.74, 6) is 0.339. The summed E-state index contributed by atoms with van der Waals surface area (Å²) in [6.07, 6.45) is 1.09. The van der Waals surface area contributed by atoms with Crippen LogP contribution in [0.1, 0.15) is 38.3 Å². The number of likely N-dealkylation sites (tertiary alicyclic amines) is 1. The van der Waals surface area contributed by atoms with Crippen LogP contribution >= 0.6 is 0 Å². The van der Waals surface area contributed by atoms with E-state index in [1.807, 2.05) is 0 Å². The van der Waals surface area contributed by atoms with E-state index in [9.17, 15) is 20.0 Å². The molecule has 1 N–H and O–H groups in total. The third kappa shape index (κ3) is 2.65. The first-order chi connectivity index (χ1) is 11.7. The fourth-order valence-electron chi connectivity index (χ4n) is 3.76. The number of hydrogen-bond acceptors (Lipinski definition) is 6. The molecular weight excluding hydrogens is 328 g/mol. The first-order valence-electron chi connectivity index (χ1n) is 8.19. The number of methoxy groups -OCH3 is 1. The second-order valence-corrected chi connectivity index (χ2v) is 6.99. The van der Waals surface area contributed by atoms with Crippen LogP contribution in [0.5, 0.6) is 5.75 Å². The highest BCUT2D eigenvalue weighted by Crippen LogP contribution is 2.50. The zero-order valence-electron chi connectivity index (χ0n) is 14.5. The fourth-order valence-corrected chi connectivity index (χ4v) is 3.76. The minimum Gasteiger partial charge on any atom is -0.482 e. The molecule has 3 atom stereocenters. The normalized spacial score (nSPS) is 31.6. The van der Waals surface area contributed by atoms with Gasteiger partial charge < -0.3 is 19.5 Å². The molecule has 3 rings (SSSR count). The molecule has 0 saturated carbocycles. The van der Waals surface area contributed by atoms with Crippen molar-refractivity contribution in [1.82, 2.24) is 4.90 Å². The number of nitrogens with zero attached hydrogens (tertiary/aromatic N) is 2. The monoisotopic (exact) mass is 350 g/mol. The van der Waals surface area contributed by atoms with Crippen molar-refractivity contribution in [3.8, 4) is 5.75 Å². The molecule has 0 aliphatic carbocycles. The van der Waals surface area contributed by atoms with E-state index in [2.05, 4.69) is 0 Å². The molecule has 0 aromatic heterocycles. The SMILES string of the molecule is COCC1(C)Oc2ccc([N+](=O)[O-])cc2C(N2CCCC2=O)C1(C)O. The Labute approximate surface area is 145 Å². The maximum absolute atomic E-state index is 12.4. The maximum Gasteiger partial charge on any atom is 0.270 e. The van der Waals surface area contributed by atoms with Gasteiger partial charge in [-0.2, -0.15) is 0 Å². The Kier molecular flexibility index (Phi) is 4.20. The Bertz CT molecular complexity index is 719. The Morgan fingerprint density at radius 3 is 2.76 bits per heavy atom. The first kappa shape index (κ1) is 17.6. The molecule has 1 aromatic rings. The number of nitro groups is 1. The molecule has 1 fully saturated rings. The third-order valence-electron chi connectivity index (χ3n) is 5.28. The third-order valence-corrected chi connectivity index (χ3v) is 5.28. The topological polar surface area (TPSA) is 102 Å². The van der Waals surface area contributed by atoms with Crippen molar-refractivity contribution in [2.75, 3.05) is 20.3 Å². The van der Waals surface area contributed by atoms with Crippen LogP contribution in [0.4, 0.5) is 5.69 Å². The summed E-state index contributed by atoms with van der Waals surface area (Å²) in [6.45, 7) is 3.90. The van der Waals surface area contributed by atoms with Gasteiger partial charge in [0.05, 0.1) is 17.6 Å². The van der Waals surface area contributed by atoms with Gasteiger partial charge in [-0.1, -0.05) is 0 Å². The van der Waals surface area contributed by atoms with Crippen LogP contribution in [0.25, 0.3) is 0 Å². The van der Waals surface area contributed by atoms with Gasteiger partial charge in [-0.05, 0) is 26.3 Å². The van der Waals surface area contributed by atoms with Crippen molar-refractivity contribution in [2.24, 2.45) is 0 Å². The van der Waals surface area contributed by atoms with Crippen LogP contribution in [-0.4, -0.2) is 52.3 Å². The summed E-state index contributed by atoms with van der Waals surface area (Å²) >= 11 is 0. The minimum absolute atomic E-state index is 0.0793. The van der Waals surface area contributed by atoms with E-state index in [-0.39, 0.29) is 18.2 Å². The van der Waals surface area contributed by atoms with Crippen LogP contribution in [0.3, 0.4) is 0 Å². The van der Waals surface area contributed by atoms with Gasteiger partial charge in [0.1, 0.15) is 11.4 Å². The highest BCUT2D eigenvalue weighted by atomic mass is 16.6. The summed E-state index contributed by atoms with van der Waals surface area (Å²) in [4.78, 5) is 24.6. The molecule has 3 unspecified atom stereocenters. The van der Waals surface area contributed by atoms with Crippen molar-refractivity contribution < 1.29 is 24.3 Å². The second kappa shape index (κ2) is 5.96. The van der Waals surface area contributed by atoms with E-state index in [1.165, 1.54) is 25.3 Å². The molecule has 2 aliphatic heterocycles. The van der Waals surface area contributed by atoms with E-state index in [1.54, 1.807) is 18.7 Å². The molecule has 1 aromatic carbocycles. The molecule has 136 valence electrons. The van der Waals surface area contributed by atoms with Gasteiger partial charge in [0.2, 0.25) is 5.91 Å². The predicted octanol–water partition coefficient (Wildman–Crippen LogP) is 1.81. The van der Waals surface area contributed by atoms with E-state index in [0.717, 1.165) is 0 Å². The number of ether oxygens (including phenoxy) is 2. The van der Waals surface area contributed by atoms with Crippen LogP contribution in [0, 0.1) is 10.1 Å². The van der Waals surface area contributed by atoms with E-state index >= 15 is 0 Å². The number of carbonyl (C=O) groups is 1. The number of nitro benzene ring substituents is 1. The number of hydrogen-bond donors (Lipinski definition) is 1. The number of aliphatic hydroxyl groups is 1. The smallest absolute Gasteiger partial charge is 0.270 e. The Morgan fingerprint density at radius 1 is 1.48 bits per heavy atom. The maximum atomic E-state index is 12.4.